The first-order chi connectivity index (χ1) is 14.0. The fourth-order valence-corrected chi connectivity index (χ4v) is 2.38. The van der Waals surface area contributed by atoms with Gasteiger partial charge in [0, 0.05) is 0 Å². The van der Waals surface area contributed by atoms with Crippen LogP contribution in [0.3, 0.4) is 0 Å². The number of benzene rings is 2. The van der Waals surface area contributed by atoms with Crippen LogP contribution < -0.4 is 0 Å². The molecule has 0 saturated heterocycles. The molecule has 0 aromatic heterocycles. The van der Waals surface area contributed by atoms with Gasteiger partial charge in [-0.1, -0.05) is 35.4 Å². The van der Waals surface area contributed by atoms with Crippen LogP contribution in [0.4, 0.5) is 0 Å². The Morgan fingerprint density at radius 3 is 0.719 bits per heavy atom. The molecule has 0 aliphatic heterocycles. The average Bonchev–Trinajstić information content (AvgIpc) is 2.51. The Labute approximate surface area is 185 Å². The van der Waals surface area contributed by atoms with Gasteiger partial charge in [0.25, 0.3) is 20.2 Å². The summed E-state index contributed by atoms with van der Waals surface area (Å²) < 4.78 is 122. The molecule has 18 heteroatoms. The lowest BCUT2D eigenvalue weighted by atomic mass is 10.2. The highest BCUT2D eigenvalue weighted by atomic mass is 32.3. The first-order valence-corrected chi connectivity index (χ1v) is 13.2. The summed E-state index contributed by atoms with van der Waals surface area (Å²) in [5.41, 5.74) is 1.91. The molecule has 0 aliphatic carbocycles. The van der Waals surface area contributed by atoms with E-state index in [2.05, 4.69) is 0 Å². The normalized spacial score (nSPS) is 11.5. The van der Waals surface area contributed by atoms with Crippen molar-refractivity contribution in [2.24, 2.45) is 0 Å². The van der Waals surface area contributed by atoms with E-state index in [1.54, 1.807) is 24.3 Å². The van der Waals surface area contributed by atoms with Gasteiger partial charge in [-0.2, -0.15) is 33.7 Å². The van der Waals surface area contributed by atoms with E-state index >= 15 is 0 Å². The highest BCUT2D eigenvalue weighted by Gasteiger charge is 2.07. The maximum Gasteiger partial charge on any atom is 0.394 e. The third kappa shape index (κ3) is 22.7. The van der Waals surface area contributed by atoms with Gasteiger partial charge in [0.05, 0.1) is 9.79 Å². The summed E-state index contributed by atoms with van der Waals surface area (Å²) in [5.74, 6) is 0. The zero-order chi connectivity index (χ0) is 26.0. The predicted molar refractivity (Wildman–Crippen MR) is 110 cm³/mol. The van der Waals surface area contributed by atoms with Crippen LogP contribution in [0, 0.1) is 13.8 Å². The van der Waals surface area contributed by atoms with E-state index in [0.717, 1.165) is 11.1 Å². The standard InChI is InChI=1S/2C7H8O3S.2H2O4S/c2*1-6-2-4-7(5-3-6)11(8,9)10;2*1-5(2,3)4/h2*2-5H,1H3,(H,8,9,10);2*(H2,1,2,3,4). The van der Waals surface area contributed by atoms with Crippen molar-refractivity contribution in [3.8, 4) is 0 Å². The lowest BCUT2D eigenvalue weighted by molar-refractivity contribution is 0.378. The molecule has 32 heavy (non-hydrogen) atoms. The molecule has 0 aliphatic rings. The molecule has 0 heterocycles. The van der Waals surface area contributed by atoms with Crippen molar-refractivity contribution in [3.63, 3.8) is 0 Å². The van der Waals surface area contributed by atoms with Gasteiger partial charge in [-0.15, -0.1) is 0 Å². The molecule has 2 aromatic carbocycles. The monoisotopic (exact) mass is 540 g/mol. The molecular weight excluding hydrogens is 520 g/mol. The first-order valence-electron chi connectivity index (χ1n) is 7.48. The van der Waals surface area contributed by atoms with E-state index in [1.807, 2.05) is 13.8 Å². The molecule has 0 atom stereocenters. The fourth-order valence-electron chi connectivity index (χ4n) is 1.42. The Morgan fingerprint density at radius 1 is 0.438 bits per heavy atom. The molecule has 6 N–H and O–H groups in total. The van der Waals surface area contributed by atoms with E-state index in [4.69, 9.17) is 44.2 Å². The third-order valence-corrected chi connectivity index (χ3v) is 4.37. The second-order valence-electron chi connectivity index (χ2n) is 5.47. The van der Waals surface area contributed by atoms with Crippen molar-refractivity contribution in [2.45, 2.75) is 23.6 Å². The minimum atomic E-state index is -4.67. The molecule has 2 aromatic rings. The predicted octanol–water partition coefficient (Wildman–Crippen LogP) is 1.18. The van der Waals surface area contributed by atoms with Crippen LogP contribution in [0.2, 0.25) is 0 Å². The van der Waals surface area contributed by atoms with Gasteiger partial charge in [0.1, 0.15) is 0 Å². The van der Waals surface area contributed by atoms with Crippen molar-refractivity contribution < 1.29 is 61.0 Å². The molecule has 0 radical (unpaired) electrons. The van der Waals surface area contributed by atoms with Crippen molar-refractivity contribution in [1.29, 1.82) is 0 Å². The zero-order valence-electron chi connectivity index (χ0n) is 16.2. The maximum atomic E-state index is 10.5. The molecule has 14 nitrogen and oxygen atoms in total. The second kappa shape index (κ2) is 12.9. The van der Waals surface area contributed by atoms with E-state index < -0.39 is 41.0 Å². The van der Waals surface area contributed by atoms with Gasteiger partial charge in [-0.3, -0.25) is 27.3 Å². The van der Waals surface area contributed by atoms with E-state index in [-0.39, 0.29) is 9.79 Å². The van der Waals surface area contributed by atoms with Crippen molar-refractivity contribution in [2.75, 3.05) is 0 Å². The number of hydrogen-bond donors (Lipinski definition) is 6. The van der Waals surface area contributed by atoms with Crippen LogP contribution in [0.1, 0.15) is 11.1 Å². The zero-order valence-corrected chi connectivity index (χ0v) is 19.5. The summed E-state index contributed by atoms with van der Waals surface area (Å²) in [6.07, 6.45) is 0. The fraction of sp³-hybridized carbons (Fsp3) is 0.143. The quantitative estimate of drug-likeness (QED) is 0.292. The Morgan fingerprint density at radius 2 is 0.594 bits per heavy atom. The Bertz CT molecular complexity index is 1140. The molecule has 2 rings (SSSR count). The summed E-state index contributed by atoms with van der Waals surface area (Å²) in [4.78, 5) is -0.133. The lowest BCUT2D eigenvalue weighted by Gasteiger charge is -1.95. The third-order valence-electron chi connectivity index (χ3n) is 2.64. The van der Waals surface area contributed by atoms with Gasteiger partial charge in [0.15, 0.2) is 0 Å². The SMILES string of the molecule is Cc1ccc(S(=O)(=O)O)cc1.Cc1ccc(S(=O)(=O)O)cc1.O=S(=O)(O)O.O=S(=O)(O)O. The number of rotatable bonds is 2. The first kappa shape index (κ1) is 32.2. The largest absolute Gasteiger partial charge is 0.394 e. The summed E-state index contributed by atoms with van der Waals surface area (Å²) in [5, 5.41) is 0. The van der Waals surface area contributed by atoms with Crippen molar-refractivity contribution in [3.05, 3.63) is 59.7 Å². The van der Waals surface area contributed by atoms with Crippen LogP contribution in [-0.4, -0.2) is 61.0 Å². The van der Waals surface area contributed by atoms with Crippen LogP contribution in [0.5, 0.6) is 0 Å². The maximum absolute atomic E-state index is 10.5. The minimum absolute atomic E-state index is 0.0666. The summed E-state index contributed by atoms with van der Waals surface area (Å²) in [6, 6.07) is 12.0. The van der Waals surface area contributed by atoms with Crippen LogP contribution in [-0.2, 0) is 41.0 Å². The summed E-state index contributed by atoms with van der Waals surface area (Å²) >= 11 is 0. The molecular formula is C14H20O14S4. The van der Waals surface area contributed by atoms with Crippen molar-refractivity contribution >= 4 is 41.0 Å². The van der Waals surface area contributed by atoms with Gasteiger partial charge in [-0.25, -0.2) is 0 Å². The minimum Gasteiger partial charge on any atom is -0.282 e. The van der Waals surface area contributed by atoms with Gasteiger partial charge in [-0.05, 0) is 38.1 Å². The topological polar surface area (TPSA) is 258 Å². The number of aryl methyl sites for hydroxylation is 2. The summed E-state index contributed by atoms with van der Waals surface area (Å²) in [6.45, 7) is 3.68. The molecule has 0 unspecified atom stereocenters. The average molecular weight is 541 g/mol. The van der Waals surface area contributed by atoms with Gasteiger partial charge < -0.3 is 0 Å². The molecule has 0 bridgehead atoms. The Hall–Kier alpha value is -2.00. The highest BCUT2D eigenvalue weighted by molar-refractivity contribution is 7.86. The molecule has 0 saturated carbocycles. The van der Waals surface area contributed by atoms with E-state index in [9.17, 15) is 16.8 Å². The molecule has 0 amide bonds. The lowest BCUT2D eigenvalue weighted by Crippen LogP contribution is -1.96. The second-order valence-corrected chi connectivity index (χ2v) is 10.1. The highest BCUT2D eigenvalue weighted by Crippen LogP contribution is 2.09. The summed E-state index contributed by atoms with van der Waals surface area (Å²) in [7, 11) is -17.4. The van der Waals surface area contributed by atoms with Gasteiger partial charge in [0.2, 0.25) is 0 Å². The van der Waals surface area contributed by atoms with Crippen LogP contribution in [0.15, 0.2) is 58.3 Å². The Kier molecular flexibility index (Phi) is 13.0. The number of hydrogen-bond acceptors (Lipinski definition) is 8. The van der Waals surface area contributed by atoms with Crippen LogP contribution >= 0.6 is 0 Å². The smallest absolute Gasteiger partial charge is 0.282 e. The molecule has 184 valence electrons. The molecule has 0 fully saturated rings. The van der Waals surface area contributed by atoms with Crippen molar-refractivity contribution in [1.82, 2.24) is 0 Å². The van der Waals surface area contributed by atoms with E-state index in [0.29, 0.717) is 0 Å². The molecule has 0 spiro atoms. The van der Waals surface area contributed by atoms with Gasteiger partial charge >= 0.3 is 20.8 Å². The Balaban J connectivity index is 0. The van der Waals surface area contributed by atoms with Crippen LogP contribution in [0.25, 0.3) is 0 Å². The van der Waals surface area contributed by atoms with E-state index in [1.165, 1.54) is 24.3 Å².